The van der Waals surface area contributed by atoms with Gasteiger partial charge in [-0.25, -0.2) is 4.98 Å². The van der Waals surface area contributed by atoms with Gasteiger partial charge in [-0.05, 0) is 25.5 Å². The molecule has 0 aliphatic heterocycles. The molecule has 2 aromatic rings. The zero-order valence-electron chi connectivity index (χ0n) is 11.7. The highest BCUT2D eigenvalue weighted by Gasteiger charge is 2.08. The number of rotatable bonds is 7. The molecular formula is C14H22N4O. The van der Waals surface area contributed by atoms with Gasteiger partial charge in [-0.15, -0.1) is 0 Å². The van der Waals surface area contributed by atoms with Crippen LogP contribution in [0.15, 0.2) is 11.0 Å². The Hall–Kier alpha value is -1.62. The first-order valence-corrected chi connectivity index (χ1v) is 7.00. The monoisotopic (exact) mass is 262 g/mol. The van der Waals surface area contributed by atoms with Crippen molar-refractivity contribution in [3.05, 3.63) is 27.9 Å². The molecule has 2 aromatic heterocycles. The molecule has 0 aliphatic carbocycles. The van der Waals surface area contributed by atoms with Gasteiger partial charge in [-0.2, -0.15) is 0 Å². The van der Waals surface area contributed by atoms with Gasteiger partial charge in [0.25, 0.3) is 5.56 Å². The van der Waals surface area contributed by atoms with Gasteiger partial charge < -0.3 is 15.3 Å². The maximum Gasteiger partial charge on any atom is 0.260 e. The molecule has 0 unspecified atom stereocenters. The van der Waals surface area contributed by atoms with Gasteiger partial charge in [-0.1, -0.05) is 26.2 Å². The van der Waals surface area contributed by atoms with Crippen molar-refractivity contribution in [3.8, 4) is 0 Å². The average Bonchev–Trinajstić information content (AvgIpc) is 2.77. The van der Waals surface area contributed by atoms with Crippen LogP contribution >= 0.6 is 0 Å². The normalized spacial score (nSPS) is 11.3. The third-order valence-corrected chi connectivity index (χ3v) is 3.26. The molecule has 5 nitrogen and oxygen atoms in total. The fourth-order valence-corrected chi connectivity index (χ4v) is 2.26. The van der Waals surface area contributed by atoms with Gasteiger partial charge in [0.1, 0.15) is 11.5 Å². The van der Waals surface area contributed by atoms with Gasteiger partial charge in [0.15, 0.2) is 0 Å². The molecule has 0 spiro atoms. The molecular weight excluding hydrogens is 240 g/mol. The van der Waals surface area contributed by atoms with E-state index in [1.165, 1.54) is 25.7 Å². The van der Waals surface area contributed by atoms with Crippen molar-refractivity contribution < 1.29 is 0 Å². The van der Waals surface area contributed by atoms with E-state index in [0.29, 0.717) is 23.4 Å². The molecule has 0 aromatic carbocycles. The Kier molecular flexibility index (Phi) is 4.74. The first-order chi connectivity index (χ1) is 9.22. The predicted octanol–water partition coefficient (Wildman–Crippen LogP) is 2.23. The molecule has 5 heteroatoms. The van der Waals surface area contributed by atoms with Crippen molar-refractivity contribution in [2.75, 3.05) is 6.54 Å². The topological polar surface area (TPSA) is 73.6 Å². The first kappa shape index (κ1) is 13.8. The van der Waals surface area contributed by atoms with E-state index in [2.05, 4.69) is 27.2 Å². The fourth-order valence-electron chi connectivity index (χ4n) is 2.26. The first-order valence-electron chi connectivity index (χ1n) is 7.00. The number of aryl methyl sites for hydroxylation is 1. The SMILES string of the molecule is CCCCCCNCc1c[nH]c2nc(C)[nH]c(=O)c12. The van der Waals surface area contributed by atoms with Gasteiger partial charge >= 0.3 is 0 Å². The Morgan fingerprint density at radius 1 is 1.32 bits per heavy atom. The van der Waals surface area contributed by atoms with Gasteiger partial charge in [0.05, 0.1) is 5.39 Å². The molecule has 3 N–H and O–H groups in total. The smallest absolute Gasteiger partial charge is 0.260 e. The van der Waals surface area contributed by atoms with E-state index < -0.39 is 0 Å². The summed E-state index contributed by atoms with van der Waals surface area (Å²) < 4.78 is 0. The number of aromatic amines is 2. The lowest BCUT2D eigenvalue weighted by Crippen LogP contribution is -2.16. The summed E-state index contributed by atoms with van der Waals surface area (Å²) in [7, 11) is 0. The Labute approximate surface area is 112 Å². The minimum absolute atomic E-state index is 0.0634. The van der Waals surface area contributed by atoms with Crippen molar-refractivity contribution >= 4 is 11.0 Å². The largest absolute Gasteiger partial charge is 0.346 e. The molecule has 104 valence electrons. The minimum atomic E-state index is -0.0634. The standard InChI is InChI=1S/C14H22N4O/c1-3-4-5-6-7-15-8-11-9-16-13-12(11)14(19)18-10(2)17-13/h9,15H,3-8H2,1-2H3,(H2,16,17,18,19). The molecule has 0 saturated heterocycles. The van der Waals surface area contributed by atoms with Crippen LogP contribution < -0.4 is 10.9 Å². The van der Waals surface area contributed by atoms with E-state index in [-0.39, 0.29) is 5.56 Å². The average molecular weight is 262 g/mol. The van der Waals surface area contributed by atoms with Gasteiger partial charge in [-0.3, -0.25) is 4.79 Å². The maximum atomic E-state index is 11.9. The molecule has 0 amide bonds. The number of hydrogen-bond acceptors (Lipinski definition) is 3. The van der Waals surface area contributed by atoms with Crippen LogP contribution in [0.1, 0.15) is 44.0 Å². The summed E-state index contributed by atoms with van der Waals surface area (Å²) in [6, 6.07) is 0. The third kappa shape index (κ3) is 3.44. The molecule has 19 heavy (non-hydrogen) atoms. The number of nitrogens with zero attached hydrogens (tertiary/aromatic N) is 1. The zero-order valence-corrected chi connectivity index (χ0v) is 11.7. The number of H-pyrrole nitrogens is 2. The van der Waals surface area contributed by atoms with Crippen molar-refractivity contribution in [1.82, 2.24) is 20.3 Å². The van der Waals surface area contributed by atoms with Crippen molar-refractivity contribution in [2.24, 2.45) is 0 Å². The summed E-state index contributed by atoms with van der Waals surface area (Å²) in [4.78, 5) is 22.0. The van der Waals surface area contributed by atoms with E-state index in [1.54, 1.807) is 6.92 Å². The highest BCUT2D eigenvalue weighted by Crippen LogP contribution is 2.11. The minimum Gasteiger partial charge on any atom is -0.346 e. The van der Waals surface area contributed by atoms with Crippen LogP contribution in [0.25, 0.3) is 11.0 Å². The Morgan fingerprint density at radius 3 is 2.95 bits per heavy atom. The van der Waals surface area contributed by atoms with Crippen LogP contribution in [0, 0.1) is 6.92 Å². The number of nitrogens with one attached hydrogen (secondary N) is 3. The van der Waals surface area contributed by atoms with Crippen molar-refractivity contribution in [1.29, 1.82) is 0 Å². The molecule has 0 saturated carbocycles. The number of fused-ring (bicyclic) bond motifs is 1. The van der Waals surface area contributed by atoms with E-state index in [0.717, 1.165) is 12.1 Å². The number of unbranched alkanes of at least 4 members (excludes halogenated alkanes) is 3. The molecule has 0 aliphatic rings. The van der Waals surface area contributed by atoms with E-state index in [1.807, 2.05) is 6.20 Å². The molecule has 0 fully saturated rings. The maximum absolute atomic E-state index is 11.9. The van der Waals surface area contributed by atoms with Gasteiger partial charge in [0.2, 0.25) is 0 Å². The summed E-state index contributed by atoms with van der Waals surface area (Å²) in [5.41, 5.74) is 1.59. The van der Waals surface area contributed by atoms with E-state index >= 15 is 0 Å². The summed E-state index contributed by atoms with van der Waals surface area (Å²) in [6.07, 6.45) is 6.86. The number of aromatic nitrogens is 3. The molecule has 2 rings (SSSR count). The lowest BCUT2D eigenvalue weighted by molar-refractivity contribution is 0.599. The molecule has 2 heterocycles. The van der Waals surface area contributed by atoms with Crippen LogP contribution in [0.5, 0.6) is 0 Å². The summed E-state index contributed by atoms with van der Waals surface area (Å²) in [6.45, 7) is 5.69. The quantitative estimate of drug-likeness (QED) is 0.670. The lowest BCUT2D eigenvalue weighted by Gasteiger charge is -2.03. The molecule has 0 radical (unpaired) electrons. The highest BCUT2D eigenvalue weighted by molar-refractivity contribution is 5.78. The number of hydrogen-bond donors (Lipinski definition) is 3. The second-order valence-electron chi connectivity index (χ2n) is 4.93. The van der Waals surface area contributed by atoms with Gasteiger partial charge in [0, 0.05) is 12.7 Å². The van der Waals surface area contributed by atoms with Crippen LogP contribution in [-0.4, -0.2) is 21.5 Å². The second kappa shape index (κ2) is 6.52. The van der Waals surface area contributed by atoms with Crippen molar-refractivity contribution in [3.63, 3.8) is 0 Å². The predicted molar refractivity (Wildman–Crippen MR) is 77.3 cm³/mol. The van der Waals surface area contributed by atoms with Crippen LogP contribution in [0.3, 0.4) is 0 Å². The second-order valence-corrected chi connectivity index (χ2v) is 4.93. The highest BCUT2D eigenvalue weighted by atomic mass is 16.1. The third-order valence-electron chi connectivity index (χ3n) is 3.26. The molecule has 0 bridgehead atoms. The lowest BCUT2D eigenvalue weighted by atomic mass is 10.2. The zero-order chi connectivity index (χ0) is 13.7. The van der Waals surface area contributed by atoms with E-state index in [4.69, 9.17) is 0 Å². The Morgan fingerprint density at radius 2 is 2.16 bits per heavy atom. The molecule has 0 atom stereocenters. The van der Waals surface area contributed by atoms with Crippen LogP contribution in [-0.2, 0) is 6.54 Å². The summed E-state index contributed by atoms with van der Waals surface area (Å²) in [5, 5.41) is 4.05. The Balaban J connectivity index is 1.96. The van der Waals surface area contributed by atoms with E-state index in [9.17, 15) is 4.79 Å². The summed E-state index contributed by atoms with van der Waals surface area (Å²) in [5.74, 6) is 0.637. The van der Waals surface area contributed by atoms with Crippen molar-refractivity contribution in [2.45, 2.75) is 46.1 Å². The summed E-state index contributed by atoms with van der Waals surface area (Å²) >= 11 is 0. The van der Waals surface area contributed by atoms with Crippen LogP contribution in [0.4, 0.5) is 0 Å². The van der Waals surface area contributed by atoms with Crippen LogP contribution in [0.2, 0.25) is 0 Å². The fraction of sp³-hybridized carbons (Fsp3) is 0.571. The Bertz CT molecular complexity index is 585.